The summed E-state index contributed by atoms with van der Waals surface area (Å²) in [5.74, 6) is 0.195. The molecule has 0 aliphatic heterocycles. The summed E-state index contributed by atoms with van der Waals surface area (Å²) in [6, 6.07) is 9.73. The fourth-order valence-corrected chi connectivity index (χ4v) is 1.93. The van der Waals surface area contributed by atoms with Gasteiger partial charge < -0.3 is 9.73 Å². The van der Waals surface area contributed by atoms with Gasteiger partial charge in [-0.25, -0.2) is 0 Å². The Balaban J connectivity index is 1.87. The molecule has 0 spiro atoms. The summed E-state index contributed by atoms with van der Waals surface area (Å²) in [5.41, 5.74) is 3.79. The van der Waals surface area contributed by atoms with E-state index in [-0.39, 0.29) is 5.91 Å². The molecule has 1 N–H and O–H groups in total. The summed E-state index contributed by atoms with van der Waals surface area (Å²) in [6.07, 6.45) is 2.33. The predicted molar refractivity (Wildman–Crippen MR) is 70.7 cm³/mol. The van der Waals surface area contributed by atoms with Crippen LogP contribution in [0.5, 0.6) is 0 Å². The fourth-order valence-electron chi connectivity index (χ4n) is 1.93. The number of nitrogens with one attached hydrogen (secondary N) is 1. The van der Waals surface area contributed by atoms with E-state index >= 15 is 0 Å². The molecule has 0 saturated carbocycles. The molecule has 18 heavy (non-hydrogen) atoms. The molecule has 0 aliphatic rings. The minimum absolute atomic E-state index is 0.162. The molecular formula is C15H17NO2. The third-order valence-corrected chi connectivity index (χ3v) is 2.92. The van der Waals surface area contributed by atoms with Gasteiger partial charge in [-0.3, -0.25) is 4.79 Å². The molecular weight excluding hydrogens is 226 g/mol. The van der Waals surface area contributed by atoms with E-state index < -0.39 is 0 Å². The number of benzene rings is 1. The second kappa shape index (κ2) is 5.54. The first-order chi connectivity index (χ1) is 8.66. The lowest BCUT2D eigenvalue weighted by molar-refractivity contribution is 0.0926. The first kappa shape index (κ1) is 12.4. The van der Waals surface area contributed by atoms with Crippen LogP contribution < -0.4 is 5.32 Å². The summed E-state index contributed by atoms with van der Waals surface area (Å²) in [4.78, 5) is 11.6. The number of carbonyl (C=O) groups excluding carboxylic acids is 1. The number of aryl methyl sites for hydroxylation is 2. The summed E-state index contributed by atoms with van der Waals surface area (Å²) in [7, 11) is 0. The highest BCUT2D eigenvalue weighted by Gasteiger charge is 2.07. The van der Waals surface area contributed by atoms with Gasteiger partial charge in [0.05, 0.1) is 6.26 Å². The molecule has 3 heteroatoms. The molecule has 0 fully saturated rings. The van der Waals surface area contributed by atoms with Crippen LogP contribution in [0.4, 0.5) is 0 Å². The smallest absolute Gasteiger partial charge is 0.286 e. The Bertz CT molecular complexity index is 529. The molecule has 0 saturated heterocycles. The lowest BCUT2D eigenvalue weighted by Gasteiger charge is -2.07. The molecule has 0 aliphatic carbocycles. The number of furan rings is 1. The number of hydrogen-bond donors (Lipinski definition) is 1. The molecule has 0 unspecified atom stereocenters. The fraction of sp³-hybridized carbons (Fsp3) is 0.267. The number of amides is 1. The summed E-state index contributed by atoms with van der Waals surface area (Å²) in [5, 5.41) is 2.84. The summed E-state index contributed by atoms with van der Waals surface area (Å²) in [6.45, 7) is 4.79. The van der Waals surface area contributed by atoms with E-state index in [2.05, 4.69) is 37.4 Å². The molecule has 1 heterocycles. The quantitative estimate of drug-likeness (QED) is 0.897. The van der Waals surface area contributed by atoms with Gasteiger partial charge in [0.2, 0.25) is 0 Å². The zero-order valence-electron chi connectivity index (χ0n) is 10.7. The molecule has 1 aromatic heterocycles. The Labute approximate surface area is 107 Å². The molecule has 3 nitrogen and oxygen atoms in total. The normalized spacial score (nSPS) is 10.3. The van der Waals surface area contributed by atoms with Crippen LogP contribution in [0.25, 0.3) is 0 Å². The Morgan fingerprint density at radius 3 is 2.78 bits per heavy atom. The van der Waals surface area contributed by atoms with Gasteiger partial charge >= 0.3 is 0 Å². The molecule has 2 rings (SSSR count). The standard InChI is InChI=1S/C15H17NO2/c1-11-5-6-13(12(2)10-11)7-8-16-15(17)14-4-3-9-18-14/h3-6,9-10H,7-8H2,1-2H3,(H,16,17). The van der Waals surface area contributed by atoms with Crippen molar-refractivity contribution in [2.24, 2.45) is 0 Å². The van der Waals surface area contributed by atoms with Gasteiger partial charge in [-0.2, -0.15) is 0 Å². The highest BCUT2D eigenvalue weighted by Crippen LogP contribution is 2.10. The summed E-state index contributed by atoms with van der Waals surface area (Å²) < 4.78 is 5.03. The van der Waals surface area contributed by atoms with E-state index in [1.807, 2.05) is 0 Å². The van der Waals surface area contributed by atoms with Crippen LogP contribution in [0, 0.1) is 13.8 Å². The van der Waals surface area contributed by atoms with Gasteiger partial charge in [0.15, 0.2) is 5.76 Å². The average Bonchev–Trinajstić information content (AvgIpc) is 2.85. The van der Waals surface area contributed by atoms with Crippen LogP contribution in [-0.4, -0.2) is 12.5 Å². The molecule has 2 aromatic rings. The monoisotopic (exact) mass is 243 g/mol. The van der Waals surface area contributed by atoms with Crippen molar-refractivity contribution in [3.05, 3.63) is 59.0 Å². The lowest BCUT2D eigenvalue weighted by atomic mass is 10.0. The van der Waals surface area contributed by atoms with Crippen molar-refractivity contribution in [3.8, 4) is 0 Å². The Hall–Kier alpha value is -2.03. The molecule has 94 valence electrons. The first-order valence-corrected chi connectivity index (χ1v) is 6.04. The Kier molecular flexibility index (Phi) is 3.82. The Morgan fingerprint density at radius 1 is 1.28 bits per heavy atom. The van der Waals surface area contributed by atoms with Crippen molar-refractivity contribution in [2.45, 2.75) is 20.3 Å². The maximum absolute atomic E-state index is 11.6. The van der Waals surface area contributed by atoms with E-state index in [1.54, 1.807) is 12.1 Å². The number of hydrogen-bond acceptors (Lipinski definition) is 2. The maximum Gasteiger partial charge on any atom is 0.286 e. The third kappa shape index (κ3) is 3.00. The summed E-state index contributed by atoms with van der Waals surface area (Å²) >= 11 is 0. The minimum Gasteiger partial charge on any atom is -0.459 e. The SMILES string of the molecule is Cc1ccc(CCNC(=O)c2ccco2)c(C)c1. The molecule has 1 amide bonds. The second-order valence-corrected chi connectivity index (χ2v) is 4.41. The molecule has 1 aromatic carbocycles. The third-order valence-electron chi connectivity index (χ3n) is 2.92. The van der Waals surface area contributed by atoms with E-state index in [0.717, 1.165) is 6.42 Å². The van der Waals surface area contributed by atoms with Gasteiger partial charge in [0.25, 0.3) is 5.91 Å². The average molecular weight is 243 g/mol. The van der Waals surface area contributed by atoms with Crippen molar-refractivity contribution in [1.82, 2.24) is 5.32 Å². The van der Waals surface area contributed by atoms with Crippen molar-refractivity contribution in [3.63, 3.8) is 0 Å². The van der Waals surface area contributed by atoms with Gasteiger partial charge in [-0.1, -0.05) is 23.8 Å². The second-order valence-electron chi connectivity index (χ2n) is 4.41. The highest BCUT2D eigenvalue weighted by molar-refractivity contribution is 5.91. The number of rotatable bonds is 4. The van der Waals surface area contributed by atoms with E-state index in [4.69, 9.17) is 4.42 Å². The van der Waals surface area contributed by atoms with Crippen LogP contribution in [0.1, 0.15) is 27.2 Å². The van der Waals surface area contributed by atoms with Crippen LogP contribution >= 0.6 is 0 Å². The van der Waals surface area contributed by atoms with E-state index in [1.165, 1.54) is 23.0 Å². The predicted octanol–water partition coefficient (Wildman–Crippen LogP) is 2.87. The van der Waals surface area contributed by atoms with E-state index in [9.17, 15) is 4.79 Å². The van der Waals surface area contributed by atoms with Crippen LogP contribution in [0.2, 0.25) is 0 Å². The minimum atomic E-state index is -0.162. The zero-order valence-corrected chi connectivity index (χ0v) is 10.7. The van der Waals surface area contributed by atoms with Crippen LogP contribution in [0.3, 0.4) is 0 Å². The Morgan fingerprint density at radius 2 is 2.11 bits per heavy atom. The first-order valence-electron chi connectivity index (χ1n) is 6.04. The highest BCUT2D eigenvalue weighted by atomic mass is 16.3. The van der Waals surface area contributed by atoms with Crippen molar-refractivity contribution >= 4 is 5.91 Å². The topological polar surface area (TPSA) is 42.2 Å². The molecule has 0 radical (unpaired) electrons. The van der Waals surface area contributed by atoms with Gasteiger partial charge in [-0.15, -0.1) is 0 Å². The lowest BCUT2D eigenvalue weighted by Crippen LogP contribution is -2.25. The number of carbonyl (C=O) groups is 1. The van der Waals surface area contributed by atoms with Crippen molar-refractivity contribution < 1.29 is 9.21 Å². The molecule has 0 bridgehead atoms. The maximum atomic E-state index is 11.6. The van der Waals surface area contributed by atoms with Gasteiger partial charge in [-0.05, 0) is 43.5 Å². The zero-order chi connectivity index (χ0) is 13.0. The van der Waals surface area contributed by atoms with Crippen molar-refractivity contribution in [2.75, 3.05) is 6.54 Å². The largest absolute Gasteiger partial charge is 0.459 e. The van der Waals surface area contributed by atoms with Crippen molar-refractivity contribution in [1.29, 1.82) is 0 Å². The van der Waals surface area contributed by atoms with Crippen LogP contribution in [0.15, 0.2) is 41.0 Å². The molecule has 0 atom stereocenters. The van der Waals surface area contributed by atoms with E-state index in [0.29, 0.717) is 12.3 Å². The van der Waals surface area contributed by atoms with Gasteiger partial charge in [0, 0.05) is 6.54 Å². The van der Waals surface area contributed by atoms with Gasteiger partial charge in [0.1, 0.15) is 0 Å². The van der Waals surface area contributed by atoms with Crippen LogP contribution in [-0.2, 0) is 6.42 Å².